The van der Waals surface area contributed by atoms with Crippen molar-refractivity contribution in [2.75, 3.05) is 19.6 Å². The topological polar surface area (TPSA) is 66.9 Å². The number of thiophene rings is 1. The summed E-state index contributed by atoms with van der Waals surface area (Å²) in [6.07, 6.45) is 0.758. The van der Waals surface area contributed by atoms with Crippen molar-refractivity contribution in [3.05, 3.63) is 53.4 Å². The van der Waals surface area contributed by atoms with Gasteiger partial charge in [-0.05, 0) is 29.9 Å². The Bertz CT molecular complexity index is 977. The number of morpholine rings is 1. The van der Waals surface area contributed by atoms with E-state index < -0.39 is 15.4 Å². The van der Waals surface area contributed by atoms with Gasteiger partial charge in [0.15, 0.2) is 0 Å². The van der Waals surface area contributed by atoms with Crippen molar-refractivity contribution in [2.45, 2.75) is 35.8 Å². The minimum atomic E-state index is -3.52. The number of fused-ring (bicyclic) bond motifs is 3. The number of ether oxygens (including phenoxy) is 1. The van der Waals surface area contributed by atoms with E-state index >= 15 is 0 Å². The zero-order valence-corrected chi connectivity index (χ0v) is 17.0. The maximum absolute atomic E-state index is 13.3. The Hall–Kier alpha value is -1.74. The normalized spacial score (nSPS) is 30.4. The molecule has 1 aromatic carbocycles. The maximum Gasteiger partial charge on any atom is 0.252 e. The maximum atomic E-state index is 13.3. The van der Waals surface area contributed by atoms with Crippen LogP contribution in [-0.2, 0) is 26.1 Å². The minimum Gasteiger partial charge on any atom is -0.371 e. The predicted molar refractivity (Wildman–Crippen MR) is 105 cm³/mol. The first-order valence-electron chi connectivity index (χ1n) is 9.51. The third kappa shape index (κ3) is 2.82. The standard InChI is InChI=1S/C20H22N2O4S2/c23-19-20(8-9-21(19)12-15-5-2-1-3-6-15)11-16-13-22(14-17(20)26-16)28(24,25)18-7-4-10-27-18/h1-7,10,16-17H,8-9,11-14H2/t16-,17-,20-/m0/s1. The van der Waals surface area contributed by atoms with Crippen molar-refractivity contribution < 1.29 is 17.9 Å². The molecule has 0 radical (unpaired) electrons. The second-order valence-electron chi connectivity index (χ2n) is 7.82. The summed E-state index contributed by atoms with van der Waals surface area (Å²) in [5, 5.41) is 1.77. The molecule has 2 bridgehead atoms. The summed E-state index contributed by atoms with van der Waals surface area (Å²) in [6, 6.07) is 13.3. The van der Waals surface area contributed by atoms with Crippen molar-refractivity contribution >= 4 is 27.3 Å². The highest BCUT2D eigenvalue weighted by Gasteiger charge is 2.61. The number of sulfonamides is 1. The molecular weight excluding hydrogens is 396 g/mol. The highest BCUT2D eigenvalue weighted by Crippen LogP contribution is 2.50. The number of rotatable bonds is 4. The van der Waals surface area contributed by atoms with Gasteiger partial charge in [0.1, 0.15) is 4.21 Å². The Morgan fingerprint density at radius 1 is 1.14 bits per heavy atom. The molecule has 1 spiro atoms. The van der Waals surface area contributed by atoms with Crippen LogP contribution < -0.4 is 0 Å². The molecule has 0 N–H and O–H groups in total. The van der Waals surface area contributed by atoms with E-state index in [0.29, 0.717) is 30.3 Å². The largest absolute Gasteiger partial charge is 0.371 e. The molecule has 1 aromatic heterocycles. The van der Waals surface area contributed by atoms with E-state index in [1.807, 2.05) is 35.2 Å². The molecule has 148 valence electrons. The summed E-state index contributed by atoms with van der Waals surface area (Å²) in [4.78, 5) is 15.2. The fraction of sp³-hybridized carbons (Fsp3) is 0.450. The van der Waals surface area contributed by atoms with Crippen molar-refractivity contribution in [3.8, 4) is 0 Å². The van der Waals surface area contributed by atoms with Crippen LogP contribution >= 0.6 is 11.3 Å². The number of nitrogens with zero attached hydrogens (tertiary/aromatic N) is 2. The quantitative estimate of drug-likeness (QED) is 0.764. The number of hydrogen-bond donors (Lipinski definition) is 0. The molecule has 2 aromatic rings. The highest BCUT2D eigenvalue weighted by molar-refractivity contribution is 7.91. The van der Waals surface area contributed by atoms with Crippen molar-refractivity contribution in [1.82, 2.24) is 9.21 Å². The summed E-state index contributed by atoms with van der Waals surface area (Å²) in [6.45, 7) is 1.86. The molecule has 8 heteroatoms. The van der Waals surface area contributed by atoms with E-state index in [4.69, 9.17) is 4.74 Å². The van der Waals surface area contributed by atoms with E-state index in [1.165, 1.54) is 15.6 Å². The second kappa shape index (κ2) is 6.66. The van der Waals surface area contributed by atoms with Crippen LogP contribution in [0, 0.1) is 5.41 Å². The van der Waals surface area contributed by atoms with E-state index in [1.54, 1.807) is 17.5 Å². The van der Waals surface area contributed by atoms with Gasteiger partial charge in [0, 0.05) is 26.2 Å². The molecule has 3 atom stereocenters. The van der Waals surface area contributed by atoms with Gasteiger partial charge in [-0.3, -0.25) is 4.79 Å². The molecule has 3 saturated heterocycles. The molecule has 6 nitrogen and oxygen atoms in total. The molecule has 0 unspecified atom stereocenters. The minimum absolute atomic E-state index is 0.110. The fourth-order valence-corrected chi connectivity index (χ4v) is 7.41. The summed E-state index contributed by atoms with van der Waals surface area (Å²) >= 11 is 1.23. The third-order valence-corrected chi connectivity index (χ3v) is 9.39. The first kappa shape index (κ1) is 18.3. The van der Waals surface area contributed by atoms with Gasteiger partial charge >= 0.3 is 0 Å². The fourth-order valence-electron chi connectivity index (χ4n) is 4.79. The lowest BCUT2D eigenvalue weighted by molar-refractivity contribution is -0.140. The average molecular weight is 419 g/mol. The average Bonchev–Trinajstić information content (AvgIpc) is 3.39. The zero-order chi connectivity index (χ0) is 19.4. The number of amides is 1. The smallest absolute Gasteiger partial charge is 0.252 e. The van der Waals surface area contributed by atoms with Gasteiger partial charge in [0.25, 0.3) is 10.0 Å². The van der Waals surface area contributed by atoms with Gasteiger partial charge in [-0.2, -0.15) is 4.31 Å². The summed E-state index contributed by atoms with van der Waals surface area (Å²) in [7, 11) is -3.52. The molecule has 0 aliphatic carbocycles. The SMILES string of the molecule is O=C1N(Cc2ccccc2)CC[C@@]12C[C@H]1CN(S(=O)(=O)c3cccs3)C[C@@H]2O1. The molecule has 28 heavy (non-hydrogen) atoms. The van der Waals surface area contributed by atoms with Crippen LogP contribution in [-0.4, -0.2) is 55.4 Å². The van der Waals surface area contributed by atoms with Gasteiger partial charge in [-0.1, -0.05) is 36.4 Å². The number of hydrogen-bond acceptors (Lipinski definition) is 5. The first-order chi connectivity index (χ1) is 13.5. The van der Waals surface area contributed by atoms with E-state index in [0.717, 1.165) is 12.0 Å². The van der Waals surface area contributed by atoms with Crippen LogP contribution in [0.3, 0.4) is 0 Å². The number of carbonyl (C=O) groups is 1. The van der Waals surface area contributed by atoms with Crippen molar-refractivity contribution in [2.24, 2.45) is 5.41 Å². The van der Waals surface area contributed by atoms with Gasteiger partial charge in [-0.25, -0.2) is 8.42 Å². The lowest BCUT2D eigenvalue weighted by Crippen LogP contribution is -2.49. The number of benzene rings is 1. The van der Waals surface area contributed by atoms with Crippen molar-refractivity contribution in [3.63, 3.8) is 0 Å². The van der Waals surface area contributed by atoms with Crippen molar-refractivity contribution in [1.29, 1.82) is 0 Å². The van der Waals surface area contributed by atoms with Gasteiger partial charge in [0.05, 0.1) is 17.6 Å². The summed E-state index contributed by atoms with van der Waals surface area (Å²) in [5.41, 5.74) is 0.524. The first-order valence-corrected chi connectivity index (χ1v) is 11.8. The molecular formula is C20H22N2O4S2. The van der Waals surface area contributed by atoms with E-state index in [9.17, 15) is 13.2 Å². The molecule has 3 aliphatic heterocycles. The lowest BCUT2D eigenvalue weighted by Gasteiger charge is -2.34. The number of likely N-dealkylation sites (tertiary alicyclic amines) is 1. The lowest BCUT2D eigenvalue weighted by atomic mass is 9.79. The monoisotopic (exact) mass is 418 g/mol. The van der Waals surface area contributed by atoms with E-state index in [2.05, 4.69) is 0 Å². The third-order valence-electron chi connectivity index (χ3n) is 6.19. The molecule has 0 saturated carbocycles. The Morgan fingerprint density at radius 3 is 2.71 bits per heavy atom. The molecule has 5 rings (SSSR count). The van der Waals surface area contributed by atoms with Gasteiger partial charge < -0.3 is 9.64 Å². The Labute approximate surface area is 168 Å². The summed E-state index contributed by atoms with van der Waals surface area (Å²) in [5.74, 6) is 0.110. The number of carbonyl (C=O) groups excluding carboxylic acids is 1. The molecule has 1 amide bonds. The van der Waals surface area contributed by atoms with Crippen LogP contribution in [0.15, 0.2) is 52.1 Å². The van der Waals surface area contributed by atoms with Crippen LogP contribution in [0.5, 0.6) is 0 Å². The Kier molecular flexibility index (Phi) is 4.35. The van der Waals surface area contributed by atoms with Crippen LogP contribution in [0.1, 0.15) is 18.4 Å². The van der Waals surface area contributed by atoms with Crippen LogP contribution in [0.2, 0.25) is 0 Å². The van der Waals surface area contributed by atoms with E-state index in [-0.39, 0.29) is 24.7 Å². The van der Waals surface area contributed by atoms with Crippen LogP contribution in [0.4, 0.5) is 0 Å². The zero-order valence-electron chi connectivity index (χ0n) is 15.4. The predicted octanol–water partition coefficient (Wildman–Crippen LogP) is 2.33. The second-order valence-corrected chi connectivity index (χ2v) is 10.9. The summed E-state index contributed by atoms with van der Waals surface area (Å²) < 4.78 is 33.8. The molecule has 3 fully saturated rings. The highest BCUT2D eigenvalue weighted by atomic mass is 32.2. The van der Waals surface area contributed by atoms with Gasteiger partial charge in [0.2, 0.25) is 5.91 Å². The van der Waals surface area contributed by atoms with Gasteiger partial charge in [-0.15, -0.1) is 11.3 Å². The van der Waals surface area contributed by atoms with Crippen LogP contribution in [0.25, 0.3) is 0 Å². The Morgan fingerprint density at radius 2 is 1.96 bits per heavy atom. The molecule has 4 heterocycles. The Balaban J connectivity index is 1.36. The molecule has 3 aliphatic rings.